The van der Waals surface area contributed by atoms with E-state index in [0.29, 0.717) is 11.1 Å². The molecule has 96 valence electrons. The minimum Gasteiger partial charge on any atom is -0.459 e. The molecule has 0 bridgehead atoms. The highest BCUT2D eigenvalue weighted by molar-refractivity contribution is 5.89. The van der Waals surface area contributed by atoms with Crippen LogP contribution in [0.3, 0.4) is 0 Å². The number of allylic oxidation sites excluding steroid dienone is 1. The van der Waals surface area contributed by atoms with E-state index in [-0.39, 0.29) is 12.2 Å². The fraction of sp³-hybridized carbons (Fsp3) is 0.214. The number of nitrogens with zero attached hydrogens (tertiary/aromatic N) is 2. The van der Waals surface area contributed by atoms with Crippen molar-refractivity contribution in [3.63, 3.8) is 0 Å². The first-order chi connectivity index (χ1) is 9.06. The molecule has 1 aromatic carbocycles. The van der Waals surface area contributed by atoms with Crippen molar-refractivity contribution >= 4 is 12.0 Å². The fourth-order valence-corrected chi connectivity index (χ4v) is 1.25. The standard InChI is InChI=1S/C14H12N2O3/c1-10(17)9-19-14(18)13-4-2-11(3-5-13)6-12(7-15)8-16/h2-6,10,17H,9H2,1H3. The zero-order chi connectivity index (χ0) is 14.3. The van der Waals surface area contributed by atoms with Crippen molar-refractivity contribution in [2.24, 2.45) is 0 Å². The molecule has 0 aromatic heterocycles. The second-order valence-electron chi connectivity index (χ2n) is 3.85. The number of carbonyl (C=O) groups excluding carboxylic acids is 1. The van der Waals surface area contributed by atoms with Gasteiger partial charge in [-0.05, 0) is 30.7 Å². The molecule has 0 aliphatic carbocycles. The van der Waals surface area contributed by atoms with Crippen molar-refractivity contribution in [1.29, 1.82) is 10.5 Å². The molecule has 19 heavy (non-hydrogen) atoms. The summed E-state index contributed by atoms with van der Waals surface area (Å²) in [6.45, 7) is 1.46. The summed E-state index contributed by atoms with van der Waals surface area (Å²) in [6, 6.07) is 9.77. The molecule has 0 fully saturated rings. The Labute approximate surface area is 111 Å². The number of nitriles is 2. The molecule has 1 atom stereocenters. The molecule has 5 nitrogen and oxygen atoms in total. The third-order valence-electron chi connectivity index (χ3n) is 2.15. The average molecular weight is 256 g/mol. The summed E-state index contributed by atoms with van der Waals surface area (Å²) in [7, 11) is 0. The van der Waals surface area contributed by atoms with E-state index in [1.807, 2.05) is 0 Å². The Morgan fingerprint density at radius 2 is 1.95 bits per heavy atom. The highest BCUT2D eigenvalue weighted by Crippen LogP contribution is 2.09. The van der Waals surface area contributed by atoms with Crippen LogP contribution in [0.5, 0.6) is 0 Å². The van der Waals surface area contributed by atoms with Crippen LogP contribution in [0, 0.1) is 22.7 Å². The van der Waals surface area contributed by atoms with Gasteiger partial charge in [0.1, 0.15) is 24.3 Å². The van der Waals surface area contributed by atoms with Crippen molar-refractivity contribution in [3.05, 3.63) is 41.0 Å². The van der Waals surface area contributed by atoms with Gasteiger partial charge >= 0.3 is 5.97 Å². The van der Waals surface area contributed by atoms with Crippen LogP contribution < -0.4 is 0 Å². The van der Waals surface area contributed by atoms with Gasteiger partial charge in [0.2, 0.25) is 0 Å². The quantitative estimate of drug-likeness (QED) is 0.653. The maximum absolute atomic E-state index is 11.5. The maximum Gasteiger partial charge on any atom is 0.338 e. The number of ether oxygens (including phenoxy) is 1. The smallest absolute Gasteiger partial charge is 0.338 e. The Morgan fingerprint density at radius 1 is 1.37 bits per heavy atom. The van der Waals surface area contributed by atoms with Crippen molar-refractivity contribution < 1.29 is 14.6 Å². The Bertz CT molecular complexity index is 544. The van der Waals surface area contributed by atoms with Crippen molar-refractivity contribution in [2.45, 2.75) is 13.0 Å². The van der Waals surface area contributed by atoms with Crippen LogP contribution in [-0.4, -0.2) is 23.8 Å². The van der Waals surface area contributed by atoms with Crippen LogP contribution in [0.1, 0.15) is 22.8 Å². The number of hydrogen-bond donors (Lipinski definition) is 1. The molecular weight excluding hydrogens is 244 g/mol. The minimum absolute atomic E-state index is 0.00979. The Kier molecular flexibility index (Phi) is 5.28. The molecule has 1 rings (SSSR count). The first-order valence-corrected chi connectivity index (χ1v) is 5.54. The number of rotatable bonds is 4. The highest BCUT2D eigenvalue weighted by Gasteiger charge is 2.08. The lowest BCUT2D eigenvalue weighted by Gasteiger charge is -2.06. The number of aliphatic hydroxyl groups excluding tert-OH is 1. The third-order valence-corrected chi connectivity index (χ3v) is 2.15. The Morgan fingerprint density at radius 3 is 2.42 bits per heavy atom. The lowest BCUT2D eigenvalue weighted by Crippen LogP contribution is -2.15. The number of aliphatic hydroxyl groups is 1. The number of carbonyl (C=O) groups is 1. The first kappa shape index (κ1) is 14.4. The van der Waals surface area contributed by atoms with Gasteiger partial charge in [-0.25, -0.2) is 4.79 Å². The zero-order valence-corrected chi connectivity index (χ0v) is 10.3. The molecule has 0 aliphatic heterocycles. The molecule has 1 aromatic rings. The molecule has 1 unspecified atom stereocenters. The summed E-state index contributed by atoms with van der Waals surface area (Å²) >= 11 is 0. The summed E-state index contributed by atoms with van der Waals surface area (Å²) in [5.41, 5.74) is 0.975. The SMILES string of the molecule is CC(O)COC(=O)c1ccc(C=C(C#N)C#N)cc1. The van der Waals surface area contributed by atoms with Gasteiger partial charge in [-0.1, -0.05) is 12.1 Å². The predicted molar refractivity (Wildman–Crippen MR) is 67.6 cm³/mol. The predicted octanol–water partition coefficient (Wildman–Crippen LogP) is 1.65. The topological polar surface area (TPSA) is 94.1 Å². The fourth-order valence-electron chi connectivity index (χ4n) is 1.25. The second kappa shape index (κ2) is 6.95. The van der Waals surface area contributed by atoms with E-state index < -0.39 is 12.1 Å². The molecule has 0 heterocycles. The molecule has 0 amide bonds. The van der Waals surface area contributed by atoms with Crippen LogP contribution in [0.2, 0.25) is 0 Å². The van der Waals surface area contributed by atoms with Gasteiger partial charge in [-0.2, -0.15) is 10.5 Å². The van der Waals surface area contributed by atoms with Gasteiger partial charge in [-0.15, -0.1) is 0 Å². The van der Waals surface area contributed by atoms with E-state index in [4.69, 9.17) is 20.4 Å². The number of esters is 1. The molecule has 1 N–H and O–H groups in total. The molecule has 0 aliphatic rings. The van der Waals surface area contributed by atoms with Crippen LogP contribution in [0.25, 0.3) is 6.08 Å². The molecular formula is C14H12N2O3. The van der Waals surface area contributed by atoms with Crippen LogP contribution in [-0.2, 0) is 4.74 Å². The van der Waals surface area contributed by atoms with Crippen LogP contribution in [0.4, 0.5) is 0 Å². The van der Waals surface area contributed by atoms with Crippen LogP contribution in [0.15, 0.2) is 29.8 Å². The van der Waals surface area contributed by atoms with E-state index in [2.05, 4.69) is 0 Å². The van der Waals surface area contributed by atoms with Gasteiger partial charge in [0.05, 0.1) is 11.7 Å². The summed E-state index contributed by atoms with van der Waals surface area (Å²) in [5.74, 6) is -0.530. The summed E-state index contributed by atoms with van der Waals surface area (Å²) < 4.78 is 4.84. The first-order valence-electron chi connectivity index (χ1n) is 5.54. The van der Waals surface area contributed by atoms with E-state index in [0.717, 1.165) is 0 Å². The molecule has 0 radical (unpaired) electrons. The third kappa shape index (κ3) is 4.63. The van der Waals surface area contributed by atoms with Crippen molar-refractivity contribution in [1.82, 2.24) is 0 Å². The molecule has 0 spiro atoms. The van der Waals surface area contributed by atoms with E-state index in [1.54, 1.807) is 24.3 Å². The van der Waals surface area contributed by atoms with Gasteiger partial charge in [-0.3, -0.25) is 0 Å². The largest absolute Gasteiger partial charge is 0.459 e. The second-order valence-corrected chi connectivity index (χ2v) is 3.85. The van der Waals surface area contributed by atoms with E-state index in [9.17, 15) is 4.79 Å². The Hall–Kier alpha value is -2.63. The number of benzene rings is 1. The zero-order valence-electron chi connectivity index (χ0n) is 10.3. The Balaban J connectivity index is 2.78. The lowest BCUT2D eigenvalue weighted by molar-refractivity contribution is 0.0296. The highest BCUT2D eigenvalue weighted by atomic mass is 16.5. The summed E-state index contributed by atoms with van der Waals surface area (Å²) in [5, 5.41) is 26.2. The monoisotopic (exact) mass is 256 g/mol. The molecule has 0 saturated carbocycles. The van der Waals surface area contributed by atoms with Crippen molar-refractivity contribution in [3.8, 4) is 12.1 Å². The van der Waals surface area contributed by atoms with Gasteiger partial charge in [0.25, 0.3) is 0 Å². The summed E-state index contributed by atoms with van der Waals surface area (Å²) in [6.07, 6.45) is 0.713. The van der Waals surface area contributed by atoms with Crippen LogP contribution >= 0.6 is 0 Å². The average Bonchev–Trinajstić information content (AvgIpc) is 2.42. The normalized spacial score (nSPS) is 10.7. The van der Waals surface area contributed by atoms with E-state index >= 15 is 0 Å². The van der Waals surface area contributed by atoms with Gasteiger partial charge < -0.3 is 9.84 Å². The molecule has 5 heteroatoms. The minimum atomic E-state index is -0.708. The number of hydrogen-bond acceptors (Lipinski definition) is 5. The van der Waals surface area contributed by atoms with Crippen molar-refractivity contribution in [2.75, 3.05) is 6.61 Å². The lowest BCUT2D eigenvalue weighted by atomic mass is 10.1. The maximum atomic E-state index is 11.5. The van der Waals surface area contributed by atoms with Gasteiger partial charge in [0.15, 0.2) is 0 Å². The molecule has 0 saturated heterocycles. The van der Waals surface area contributed by atoms with Gasteiger partial charge in [0, 0.05) is 0 Å². The van der Waals surface area contributed by atoms with E-state index in [1.165, 1.54) is 25.1 Å². The summed E-state index contributed by atoms with van der Waals surface area (Å²) in [4.78, 5) is 11.5.